The Morgan fingerprint density at radius 3 is 2.70 bits per heavy atom. The maximum Gasteiger partial charge on any atom is 0.223 e. The molecule has 5 heteroatoms. The van der Waals surface area contributed by atoms with E-state index < -0.39 is 0 Å². The van der Waals surface area contributed by atoms with Gasteiger partial charge >= 0.3 is 0 Å². The first kappa shape index (κ1) is 15.0. The van der Waals surface area contributed by atoms with Crippen molar-refractivity contribution in [2.45, 2.75) is 71.1 Å². The summed E-state index contributed by atoms with van der Waals surface area (Å²) in [5, 5.41) is 4.34. The summed E-state index contributed by atoms with van der Waals surface area (Å²) in [4.78, 5) is 14.5. The van der Waals surface area contributed by atoms with Crippen LogP contribution < -0.4 is 5.73 Å². The van der Waals surface area contributed by atoms with E-state index in [2.05, 4.69) is 32.8 Å². The largest absolute Gasteiger partial charge is 0.329 e. The third kappa shape index (κ3) is 2.87. The van der Waals surface area contributed by atoms with E-state index in [1.165, 1.54) is 0 Å². The van der Waals surface area contributed by atoms with Crippen molar-refractivity contribution in [2.75, 3.05) is 0 Å². The molecule has 0 spiro atoms. The first-order chi connectivity index (χ1) is 9.34. The zero-order valence-corrected chi connectivity index (χ0v) is 13.0. The molecule has 1 saturated heterocycles. The standard InChI is InChI=1S/C15H26N4O/c1-5-18-10-11(9-17-18)14-12(16)7-6-8-13(20)19(14)15(2,3)4/h9-10,12,14H,5-8,16H2,1-4H3. The lowest BCUT2D eigenvalue weighted by Crippen LogP contribution is -2.51. The van der Waals surface area contributed by atoms with E-state index in [9.17, 15) is 4.79 Å². The van der Waals surface area contributed by atoms with Crippen molar-refractivity contribution < 1.29 is 4.79 Å². The quantitative estimate of drug-likeness (QED) is 0.901. The molecule has 2 rings (SSSR count). The Kier molecular flexibility index (Phi) is 4.18. The molecular weight excluding hydrogens is 252 g/mol. The summed E-state index contributed by atoms with van der Waals surface area (Å²) in [7, 11) is 0. The molecule has 1 amide bonds. The van der Waals surface area contributed by atoms with Crippen LogP contribution in [0.5, 0.6) is 0 Å². The molecule has 2 N–H and O–H groups in total. The van der Waals surface area contributed by atoms with Crippen LogP contribution in [0.2, 0.25) is 0 Å². The number of nitrogens with two attached hydrogens (primary N) is 1. The maximum absolute atomic E-state index is 12.5. The van der Waals surface area contributed by atoms with Crippen LogP contribution in [0.15, 0.2) is 12.4 Å². The average molecular weight is 278 g/mol. The van der Waals surface area contributed by atoms with Crippen molar-refractivity contribution in [1.29, 1.82) is 0 Å². The van der Waals surface area contributed by atoms with Gasteiger partial charge in [0.25, 0.3) is 0 Å². The zero-order chi connectivity index (χ0) is 14.9. The van der Waals surface area contributed by atoms with Crippen LogP contribution in [0, 0.1) is 0 Å². The number of hydrogen-bond donors (Lipinski definition) is 1. The molecule has 0 saturated carbocycles. The van der Waals surface area contributed by atoms with Crippen LogP contribution in [0.1, 0.15) is 58.6 Å². The number of carbonyl (C=O) groups is 1. The fourth-order valence-electron chi connectivity index (χ4n) is 3.01. The summed E-state index contributed by atoms with van der Waals surface area (Å²) in [6.07, 6.45) is 6.20. The molecule has 0 aliphatic carbocycles. The number of nitrogens with zero attached hydrogens (tertiary/aromatic N) is 3. The van der Waals surface area contributed by atoms with Gasteiger partial charge in [-0.1, -0.05) is 0 Å². The van der Waals surface area contributed by atoms with Crippen LogP contribution in [0.3, 0.4) is 0 Å². The van der Waals surface area contributed by atoms with Gasteiger partial charge in [0.2, 0.25) is 5.91 Å². The van der Waals surface area contributed by atoms with Crippen LogP contribution in [0.25, 0.3) is 0 Å². The molecule has 1 aliphatic heterocycles. The number of aromatic nitrogens is 2. The van der Waals surface area contributed by atoms with Crippen molar-refractivity contribution in [2.24, 2.45) is 5.73 Å². The van der Waals surface area contributed by atoms with Gasteiger partial charge in [0, 0.05) is 36.3 Å². The molecule has 5 nitrogen and oxygen atoms in total. The van der Waals surface area contributed by atoms with Gasteiger partial charge in [-0.2, -0.15) is 5.10 Å². The summed E-state index contributed by atoms with van der Waals surface area (Å²) in [6, 6.07) is -0.111. The number of amides is 1. The second-order valence-electron chi connectivity index (χ2n) is 6.56. The Bertz CT molecular complexity index is 474. The van der Waals surface area contributed by atoms with Crippen LogP contribution in [-0.2, 0) is 11.3 Å². The zero-order valence-electron chi connectivity index (χ0n) is 13.0. The van der Waals surface area contributed by atoms with Crippen molar-refractivity contribution in [1.82, 2.24) is 14.7 Å². The van der Waals surface area contributed by atoms with E-state index in [-0.39, 0.29) is 23.5 Å². The van der Waals surface area contributed by atoms with E-state index in [1.54, 1.807) is 0 Å². The molecule has 2 heterocycles. The van der Waals surface area contributed by atoms with Gasteiger partial charge in [0.05, 0.1) is 12.2 Å². The third-order valence-corrected chi connectivity index (χ3v) is 3.92. The van der Waals surface area contributed by atoms with Crippen LogP contribution >= 0.6 is 0 Å². The predicted molar refractivity (Wildman–Crippen MR) is 79.1 cm³/mol. The Labute approximate surface area is 121 Å². The summed E-state index contributed by atoms with van der Waals surface area (Å²) >= 11 is 0. The highest BCUT2D eigenvalue weighted by Gasteiger charge is 2.39. The molecule has 1 aromatic heterocycles. The number of carbonyl (C=O) groups excluding carboxylic acids is 1. The van der Waals surface area contributed by atoms with Crippen molar-refractivity contribution in [3.8, 4) is 0 Å². The minimum Gasteiger partial charge on any atom is -0.329 e. The van der Waals surface area contributed by atoms with Gasteiger partial charge in [0.15, 0.2) is 0 Å². The van der Waals surface area contributed by atoms with E-state index in [0.29, 0.717) is 6.42 Å². The minimum atomic E-state index is -0.238. The fourth-order valence-corrected chi connectivity index (χ4v) is 3.01. The van der Waals surface area contributed by atoms with E-state index >= 15 is 0 Å². The topological polar surface area (TPSA) is 64.2 Å². The number of rotatable bonds is 2. The van der Waals surface area contributed by atoms with E-state index in [4.69, 9.17) is 5.73 Å². The summed E-state index contributed by atoms with van der Waals surface area (Å²) < 4.78 is 1.89. The molecule has 2 atom stereocenters. The predicted octanol–water partition coefficient (Wildman–Crippen LogP) is 2.08. The first-order valence-electron chi connectivity index (χ1n) is 7.44. The molecular formula is C15H26N4O. The van der Waals surface area contributed by atoms with Gasteiger partial charge in [0.1, 0.15) is 0 Å². The number of aryl methyl sites for hydroxylation is 1. The fraction of sp³-hybridized carbons (Fsp3) is 0.733. The highest BCUT2D eigenvalue weighted by Crippen LogP contribution is 2.35. The third-order valence-electron chi connectivity index (χ3n) is 3.92. The number of hydrogen-bond acceptors (Lipinski definition) is 3. The molecule has 2 unspecified atom stereocenters. The monoisotopic (exact) mass is 278 g/mol. The first-order valence-corrected chi connectivity index (χ1v) is 7.44. The lowest BCUT2D eigenvalue weighted by Gasteiger charge is -2.42. The molecule has 1 aromatic rings. The molecule has 1 aliphatic rings. The van der Waals surface area contributed by atoms with E-state index in [0.717, 1.165) is 24.9 Å². The van der Waals surface area contributed by atoms with Gasteiger partial charge < -0.3 is 10.6 Å². The van der Waals surface area contributed by atoms with Gasteiger partial charge in [-0.25, -0.2) is 0 Å². The van der Waals surface area contributed by atoms with Crippen molar-refractivity contribution in [3.05, 3.63) is 18.0 Å². The summed E-state index contributed by atoms with van der Waals surface area (Å²) in [5.74, 6) is 0.194. The Hall–Kier alpha value is -1.36. The Balaban J connectivity index is 2.43. The highest BCUT2D eigenvalue weighted by molar-refractivity contribution is 5.78. The second kappa shape index (κ2) is 5.56. The van der Waals surface area contributed by atoms with Gasteiger partial charge in [-0.15, -0.1) is 0 Å². The molecule has 20 heavy (non-hydrogen) atoms. The lowest BCUT2D eigenvalue weighted by atomic mass is 9.94. The highest BCUT2D eigenvalue weighted by atomic mass is 16.2. The lowest BCUT2D eigenvalue weighted by molar-refractivity contribution is -0.139. The molecule has 1 fully saturated rings. The molecule has 0 bridgehead atoms. The van der Waals surface area contributed by atoms with Crippen molar-refractivity contribution in [3.63, 3.8) is 0 Å². The maximum atomic E-state index is 12.5. The Morgan fingerprint density at radius 1 is 1.45 bits per heavy atom. The van der Waals surface area contributed by atoms with Gasteiger partial charge in [-0.05, 0) is 40.5 Å². The second-order valence-corrected chi connectivity index (χ2v) is 6.56. The normalized spacial score (nSPS) is 24.9. The molecule has 112 valence electrons. The van der Waals surface area contributed by atoms with E-state index in [1.807, 2.05) is 22.0 Å². The number of likely N-dealkylation sites (tertiary alicyclic amines) is 1. The SMILES string of the molecule is CCn1cc(C2C(N)CCCC(=O)N2C(C)(C)C)cn1. The smallest absolute Gasteiger partial charge is 0.223 e. The molecule has 0 aromatic carbocycles. The molecule has 0 radical (unpaired) electrons. The minimum absolute atomic E-state index is 0.0322. The Morgan fingerprint density at radius 2 is 2.15 bits per heavy atom. The van der Waals surface area contributed by atoms with Crippen molar-refractivity contribution >= 4 is 5.91 Å². The summed E-state index contributed by atoms with van der Waals surface area (Å²) in [6.45, 7) is 9.09. The van der Waals surface area contributed by atoms with Gasteiger partial charge in [-0.3, -0.25) is 9.48 Å². The van der Waals surface area contributed by atoms with Crippen LogP contribution in [-0.4, -0.2) is 32.2 Å². The van der Waals surface area contributed by atoms with Crippen LogP contribution in [0.4, 0.5) is 0 Å². The summed E-state index contributed by atoms with van der Waals surface area (Å²) in [5.41, 5.74) is 7.19. The average Bonchev–Trinajstić information content (AvgIpc) is 2.76.